The number of aromatic nitrogens is 2. The molecule has 0 spiro atoms. The maximum absolute atomic E-state index is 9.20. The van der Waals surface area contributed by atoms with Crippen LogP contribution in [0.5, 0.6) is 0 Å². The molecule has 1 aromatic carbocycles. The molecule has 0 saturated carbocycles. The van der Waals surface area contributed by atoms with Gasteiger partial charge in [0.15, 0.2) is 0 Å². The molecule has 0 saturated heterocycles. The number of para-hydroxylation sites is 1. The van der Waals surface area contributed by atoms with Crippen LogP contribution in [-0.4, -0.2) is 23.6 Å². The monoisotopic (exact) mass is 267 g/mol. The van der Waals surface area contributed by atoms with E-state index in [-0.39, 0.29) is 0 Å². The molecular weight excluding hydrogens is 250 g/mol. The van der Waals surface area contributed by atoms with Gasteiger partial charge in [-0.2, -0.15) is 5.26 Å². The maximum atomic E-state index is 9.20. The average Bonchev–Trinajstić information content (AvgIpc) is 2.49. The zero-order chi connectivity index (χ0) is 14.5. The number of rotatable bonds is 4. The summed E-state index contributed by atoms with van der Waals surface area (Å²) in [4.78, 5) is 10.5. The summed E-state index contributed by atoms with van der Waals surface area (Å²) in [7, 11) is 1.90. The third-order valence-electron chi connectivity index (χ3n) is 3.11. The lowest BCUT2D eigenvalue weighted by molar-refractivity contribution is 1.03. The Kier molecular flexibility index (Phi) is 4.16. The third-order valence-corrected chi connectivity index (χ3v) is 3.11. The molecule has 0 aliphatic heterocycles. The average molecular weight is 267 g/mol. The number of anilines is 3. The minimum atomic E-state index is 0.623. The van der Waals surface area contributed by atoms with Gasteiger partial charge in [-0.15, -0.1) is 0 Å². The normalized spacial score (nSPS) is 9.90. The molecule has 0 aliphatic carbocycles. The number of hydrogen-bond donors (Lipinski definition) is 1. The standard InChI is InChI=1S/C15H17N5/c1-4-17-14-11(2)15(19-10-18-14)20(3)13-8-6-5-7-12(13)9-16/h5-8,10H,4H2,1-3H3,(H,17,18,19). The van der Waals surface area contributed by atoms with Gasteiger partial charge in [0.1, 0.15) is 24.0 Å². The fourth-order valence-corrected chi connectivity index (χ4v) is 2.10. The molecule has 0 fully saturated rings. The summed E-state index contributed by atoms with van der Waals surface area (Å²) in [5, 5.41) is 12.4. The summed E-state index contributed by atoms with van der Waals surface area (Å²) >= 11 is 0. The maximum Gasteiger partial charge on any atom is 0.141 e. The zero-order valence-corrected chi connectivity index (χ0v) is 11.9. The van der Waals surface area contributed by atoms with Gasteiger partial charge in [0.05, 0.1) is 11.3 Å². The van der Waals surface area contributed by atoms with Crippen LogP contribution in [0.1, 0.15) is 18.1 Å². The van der Waals surface area contributed by atoms with E-state index in [0.29, 0.717) is 5.56 Å². The predicted octanol–water partition coefficient (Wildman–Crippen LogP) is 2.86. The lowest BCUT2D eigenvalue weighted by Gasteiger charge is -2.22. The van der Waals surface area contributed by atoms with Crippen molar-refractivity contribution in [3.05, 3.63) is 41.7 Å². The Morgan fingerprint density at radius 3 is 2.75 bits per heavy atom. The van der Waals surface area contributed by atoms with Crippen molar-refractivity contribution in [2.24, 2.45) is 0 Å². The van der Waals surface area contributed by atoms with Crippen LogP contribution >= 0.6 is 0 Å². The largest absolute Gasteiger partial charge is 0.370 e. The van der Waals surface area contributed by atoms with Crippen LogP contribution in [0.25, 0.3) is 0 Å². The fourth-order valence-electron chi connectivity index (χ4n) is 2.10. The summed E-state index contributed by atoms with van der Waals surface area (Å²) < 4.78 is 0. The minimum Gasteiger partial charge on any atom is -0.370 e. The van der Waals surface area contributed by atoms with E-state index in [1.807, 2.05) is 44.0 Å². The first-order valence-electron chi connectivity index (χ1n) is 6.47. The van der Waals surface area contributed by atoms with Crippen molar-refractivity contribution in [2.45, 2.75) is 13.8 Å². The molecule has 5 heteroatoms. The van der Waals surface area contributed by atoms with Gasteiger partial charge in [0, 0.05) is 19.2 Å². The Hall–Kier alpha value is -2.61. The van der Waals surface area contributed by atoms with Crippen molar-refractivity contribution in [1.29, 1.82) is 5.26 Å². The molecule has 1 aromatic heterocycles. The summed E-state index contributed by atoms with van der Waals surface area (Å²) in [5.41, 5.74) is 2.42. The van der Waals surface area contributed by atoms with Crippen LogP contribution in [0.2, 0.25) is 0 Å². The van der Waals surface area contributed by atoms with Crippen molar-refractivity contribution in [2.75, 3.05) is 23.8 Å². The predicted molar refractivity (Wildman–Crippen MR) is 80.2 cm³/mol. The number of nitrogens with zero attached hydrogens (tertiary/aromatic N) is 4. The van der Waals surface area contributed by atoms with E-state index in [1.54, 1.807) is 6.07 Å². The Morgan fingerprint density at radius 1 is 1.30 bits per heavy atom. The molecule has 0 unspecified atom stereocenters. The number of nitrogens with one attached hydrogen (secondary N) is 1. The summed E-state index contributed by atoms with van der Waals surface area (Å²) in [6.45, 7) is 4.80. The van der Waals surface area contributed by atoms with E-state index in [0.717, 1.165) is 29.4 Å². The van der Waals surface area contributed by atoms with Gasteiger partial charge in [0.25, 0.3) is 0 Å². The molecule has 5 nitrogen and oxygen atoms in total. The van der Waals surface area contributed by atoms with Gasteiger partial charge in [0.2, 0.25) is 0 Å². The van der Waals surface area contributed by atoms with Gasteiger partial charge < -0.3 is 10.2 Å². The highest BCUT2D eigenvalue weighted by Crippen LogP contribution is 2.29. The molecule has 0 atom stereocenters. The van der Waals surface area contributed by atoms with Crippen molar-refractivity contribution in [3.8, 4) is 6.07 Å². The van der Waals surface area contributed by atoms with E-state index in [9.17, 15) is 5.26 Å². The second-order valence-electron chi connectivity index (χ2n) is 4.39. The van der Waals surface area contributed by atoms with E-state index in [1.165, 1.54) is 6.33 Å². The molecule has 2 aromatic rings. The molecule has 0 radical (unpaired) electrons. The first-order valence-corrected chi connectivity index (χ1v) is 6.47. The van der Waals surface area contributed by atoms with Crippen LogP contribution < -0.4 is 10.2 Å². The number of benzene rings is 1. The lowest BCUT2D eigenvalue weighted by atomic mass is 10.1. The highest BCUT2D eigenvalue weighted by Gasteiger charge is 2.14. The SMILES string of the molecule is CCNc1ncnc(N(C)c2ccccc2C#N)c1C. The van der Waals surface area contributed by atoms with Crippen molar-refractivity contribution >= 4 is 17.3 Å². The van der Waals surface area contributed by atoms with Gasteiger partial charge in [-0.3, -0.25) is 0 Å². The first kappa shape index (κ1) is 13.8. The molecule has 0 amide bonds. The Labute approximate surface area is 118 Å². The minimum absolute atomic E-state index is 0.623. The molecule has 0 bridgehead atoms. The topological polar surface area (TPSA) is 64.8 Å². The van der Waals surface area contributed by atoms with Gasteiger partial charge in [-0.05, 0) is 26.0 Å². The Balaban J connectivity index is 2.46. The van der Waals surface area contributed by atoms with Gasteiger partial charge in [-0.1, -0.05) is 12.1 Å². The molecule has 2 rings (SSSR count). The van der Waals surface area contributed by atoms with Crippen LogP contribution in [0.15, 0.2) is 30.6 Å². The molecule has 0 aliphatic rings. The van der Waals surface area contributed by atoms with Crippen LogP contribution in [0.4, 0.5) is 17.3 Å². The summed E-state index contributed by atoms with van der Waals surface area (Å²) in [5.74, 6) is 1.61. The molecule has 1 heterocycles. The van der Waals surface area contributed by atoms with E-state index in [4.69, 9.17) is 0 Å². The molecular formula is C15H17N5. The van der Waals surface area contributed by atoms with Gasteiger partial charge >= 0.3 is 0 Å². The van der Waals surface area contributed by atoms with Crippen LogP contribution in [-0.2, 0) is 0 Å². The Bertz CT molecular complexity index is 645. The lowest BCUT2D eigenvalue weighted by Crippen LogP contribution is -2.15. The first-order chi connectivity index (χ1) is 9.69. The fraction of sp³-hybridized carbons (Fsp3) is 0.267. The second kappa shape index (κ2) is 6.02. The van der Waals surface area contributed by atoms with Crippen LogP contribution in [0, 0.1) is 18.3 Å². The summed E-state index contributed by atoms with van der Waals surface area (Å²) in [6.07, 6.45) is 1.53. The van der Waals surface area contributed by atoms with Crippen molar-refractivity contribution < 1.29 is 0 Å². The third kappa shape index (κ3) is 2.54. The van der Waals surface area contributed by atoms with E-state index >= 15 is 0 Å². The highest BCUT2D eigenvalue weighted by molar-refractivity contribution is 5.70. The molecule has 20 heavy (non-hydrogen) atoms. The smallest absolute Gasteiger partial charge is 0.141 e. The quantitative estimate of drug-likeness (QED) is 0.922. The number of hydrogen-bond acceptors (Lipinski definition) is 5. The highest BCUT2D eigenvalue weighted by atomic mass is 15.2. The van der Waals surface area contributed by atoms with E-state index in [2.05, 4.69) is 21.4 Å². The zero-order valence-electron chi connectivity index (χ0n) is 11.9. The van der Waals surface area contributed by atoms with Crippen molar-refractivity contribution in [1.82, 2.24) is 9.97 Å². The second-order valence-corrected chi connectivity index (χ2v) is 4.39. The number of nitriles is 1. The Morgan fingerprint density at radius 2 is 2.05 bits per heavy atom. The van der Waals surface area contributed by atoms with Crippen LogP contribution in [0.3, 0.4) is 0 Å². The molecule has 1 N–H and O–H groups in total. The molecule has 102 valence electrons. The van der Waals surface area contributed by atoms with E-state index < -0.39 is 0 Å². The van der Waals surface area contributed by atoms with Crippen molar-refractivity contribution in [3.63, 3.8) is 0 Å². The summed E-state index contributed by atoms with van der Waals surface area (Å²) in [6, 6.07) is 9.68. The van der Waals surface area contributed by atoms with Gasteiger partial charge in [-0.25, -0.2) is 9.97 Å².